The molecule has 2 atom stereocenters. The quantitative estimate of drug-likeness (QED) is 0.730. The third kappa shape index (κ3) is 2.44. The SMILES string of the molecule is CCCOC1(CO)CCCCC1C. The van der Waals surface area contributed by atoms with Crippen LogP contribution in [-0.2, 0) is 4.74 Å². The van der Waals surface area contributed by atoms with Gasteiger partial charge in [0.05, 0.1) is 12.2 Å². The van der Waals surface area contributed by atoms with Gasteiger partial charge in [0, 0.05) is 6.61 Å². The lowest BCUT2D eigenvalue weighted by atomic mass is 9.76. The van der Waals surface area contributed by atoms with Gasteiger partial charge in [0.25, 0.3) is 0 Å². The van der Waals surface area contributed by atoms with Crippen molar-refractivity contribution in [1.29, 1.82) is 0 Å². The van der Waals surface area contributed by atoms with E-state index >= 15 is 0 Å². The topological polar surface area (TPSA) is 29.5 Å². The molecule has 0 aromatic heterocycles. The van der Waals surface area contributed by atoms with Crippen LogP contribution in [0.5, 0.6) is 0 Å². The summed E-state index contributed by atoms with van der Waals surface area (Å²) in [4.78, 5) is 0. The lowest BCUT2D eigenvalue weighted by Crippen LogP contribution is -2.45. The van der Waals surface area contributed by atoms with Crippen molar-refractivity contribution < 1.29 is 9.84 Å². The molecule has 1 aliphatic rings. The first kappa shape index (κ1) is 11.0. The molecular weight excluding hydrogens is 164 g/mol. The molecule has 1 rings (SSSR count). The summed E-state index contributed by atoms with van der Waals surface area (Å²) in [5.41, 5.74) is -0.214. The third-order valence-corrected chi connectivity index (χ3v) is 3.25. The molecule has 2 nitrogen and oxygen atoms in total. The highest BCUT2D eigenvalue weighted by Crippen LogP contribution is 2.36. The molecule has 0 amide bonds. The van der Waals surface area contributed by atoms with Crippen molar-refractivity contribution in [3.05, 3.63) is 0 Å². The number of ether oxygens (including phenoxy) is 1. The Hall–Kier alpha value is -0.0800. The summed E-state index contributed by atoms with van der Waals surface area (Å²) in [5.74, 6) is 0.512. The van der Waals surface area contributed by atoms with Crippen molar-refractivity contribution in [3.63, 3.8) is 0 Å². The molecule has 0 aliphatic heterocycles. The van der Waals surface area contributed by atoms with Crippen LogP contribution in [0.25, 0.3) is 0 Å². The number of hydrogen-bond donors (Lipinski definition) is 1. The minimum atomic E-state index is -0.214. The van der Waals surface area contributed by atoms with Crippen LogP contribution in [0, 0.1) is 5.92 Å². The first-order chi connectivity index (χ1) is 6.25. The standard InChI is InChI=1S/C11H22O2/c1-3-8-13-11(9-12)7-5-4-6-10(11)2/h10,12H,3-9H2,1-2H3. The number of rotatable bonds is 4. The summed E-state index contributed by atoms with van der Waals surface area (Å²) >= 11 is 0. The Kier molecular flexibility index (Phi) is 4.20. The average Bonchev–Trinajstić information content (AvgIpc) is 2.17. The minimum absolute atomic E-state index is 0.189. The van der Waals surface area contributed by atoms with Crippen LogP contribution < -0.4 is 0 Å². The summed E-state index contributed by atoms with van der Waals surface area (Å²) in [6.07, 6.45) is 5.76. The fraction of sp³-hybridized carbons (Fsp3) is 1.00. The third-order valence-electron chi connectivity index (χ3n) is 3.25. The van der Waals surface area contributed by atoms with Crippen LogP contribution >= 0.6 is 0 Å². The molecule has 0 bridgehead atoms. The van der Waals surface area contributed by atoms with E-state index in [0.29, 0.717) is 5.92 Å². The van der Waals surface area contributed by atoms with Gasteiger partial charge < -0.3 is 9.84 Å². The maximum Gasteiger partial charge on any atom is 0.0937 e. The van der Waals surface area contributed by atoms with Crippen molar-refractivity contribution in [2.24, 2.45) is 5.92 Å². The molecule has 13 heavy (non-hydrogen) atoms. The van der Waals surface area contributed by atoms with Gasteiger partial charge in [0.1, 0.15) is 0 Å². The smallest absolute Gasteiger partial charge is 0.0937 e. The summed E-state index contributed by atoms with van der Waals surface area (Å²) in [7, 11) is 0. The van der Waals surface area contributed by atoms with Crippen molar-refractivity contribution in [2.45, 2.75) is 51.6 Å². The second-order valence-electron chi connectivity index (χ2n) is 4.22. The number of hydrogen-bond acceptors (Lipinski definition) is 2. The van der Waals surface area contributed by atoms with Gasteiger partial charge in [-0.15, -0.1) is 0 Å². The van der Waals surface area contributed by atoms with E-state index in [9.17, 15) is 5.11 Å². The second kappa shape index (κ2) is 4.97. The van der Waals surface area contributed by atoms with Gasteiger partial charge in [0.15, 0.2) is 0 Å². The van der Waals surface area contributed by atoms with Gasteiger partial charge in [-0.25, -0.2) is 0 Å². The van der Waals surface area contributed by atoms with E-state index in [4.69, 9.17) is 4.74 Å². The van der Waals surface area contributed by atoms with Crippen LogP contribution in [0.15, 0.2) is 0 Å². The fourth-order valence-electron chi connectivity index (χ4n) is 2.18. The predicted octanol–water partition coefficient (Wildman–Crippen LogP) is 2.35. The van der Waals surface area contributed by atoms with Crippen molar-refractivity contribution >= 4 is 0 Å². The molecule has 2 unspecified atom stereocenters. The van der Waals surface area contributed by atoms with Gasteiger partial charge in [-0.3, -0.25) is 0 Å². The second-order valence-corrected chi connectivity index (χ2v) is 4.22. The zero-order valence-electron chi connectivity index (χ0n) is 8.88. The average molecular weight is 186 g/mol. The molecule has 0 saturated heterocycles. The molecule has 0 radical (unpaired) electrons. The molecule has 2 heteroatoms. The highest BCUT2D eigenvalue weighted by atomic mass is 16.5. The predicted molar refractivity (Wildman–Crippen MR) is 53.7 cm³/mol. The normalized spacial score (nSPS) is 34.8. The summed E-state index contributed by atoms with van der Waals surface area (Å²) in [6.45, 7) is 5.28. The molecule has 1 saturated carbocycles. The Labute approximate surface area is 81.3 Å². The number of aliphatic hydroxyl groups excluding tert-OH is 1. The van der Waals surface area contributed by atoms with Crippen molar-refractivity contribution in [1.82, 2.24) is 0 Å². The lowest BCUT2D eigenvalue weighted by Gasteiger charge is -2.41. The molecule has 78 valence electrons. The van der Waals surface area contributed by atoms with Crippen LogP contribution in [0.3, 0.4) is 0 Å². The molecule has 1 aliphatic carbocycles. The van der Waals surface area contributed by atoms with Gasteiger partial charge in [0.2, 0.25) is 0 Å². The van der Waals surface area contributed by atoms with E-state index in [1.807, 2.05) is 0 Å². The Morgan fingerprint density at radius 1 is 1.46 bits per heavy atom. The summed E-state index contributed by atoms with van der Waals surface area (Å²) < 4.78 is 5.83. The first-order valence-corrected chi connectivity index (χ1v) is 5.50. The van der Waals surface area contributed by atoms with E-state index in [-0.39, 0.29) is 12.2 Å². The highest BCUT2D eigenvalue weighted by molar-refractivity contribution is 4.89. The van der Waals surface area contributed by atoms with Crippen LogP contribution in [0.2, 0.25) is 0 Å². The monoisotopic (exact) mass is 186 g/mol. The van der Waals surface area contributed by atoms with Crippen molar-refractivity contribution in [3.8, 4) is 0 Å². The van der Waals surface area contributed by atoms with E-state index in [2.05, 4.69) is 13.8 Å². The van der Waals surface area contributed by atoms with Crippen LogP contribution in [0.4, 0.5) is 0 Å². The van der Waals surface area contributed by atoms with Gasteiger partial charge in [-0.1, -0.05) is 26.7 Å². The van der Waals surface area contributed by atoms with Gasteiger partial charge in [-0.2, -0.15) is 0 Å². The van der Waals surface area contributed by atoms with Crippen molar-refractivity contribution in [2.75, 3.05) is 13.2 Å². The molecule has 1 fully saturated rings. The molecule has 0 aromatic rings. The number of aliphatic hydroxyl groups is 1. The Morgan fingerprint density at radius 2 is 2.23 bits per heavy atom. The van der Waals surface area contributed by atoms with Crippen LogP contribution in [0.1, 0.15) is 46.0 Å². The fourth-order valence-corrected chi connectivity index (χ4v) is 2.18. The highest BCUT2D eigenvalue weighted by Gasteiger charge is 2.38. The largest absolute Gasteiger partial charge is 0.393 e. The Morgan fingerprint density at radius 3 is 2.77 bits per heavy atom. The summed E-state index contributed by atoms with van der Waals surface area (Å²) in [5, 5.41) is 9.41. The Balaban J connectivity index is 2.53. The van der Waals surface area contributed by atoms with E-state index in [0.717, 1.165) is 19.4 Å². The molecule has 0 aromatic carbocycles. The zero-order chi connectivity index (χ0) is 9.73. The first-order valence-electron chi connectivity index (χ1n) is 5.50. The lowest BCUT2D eigenvalue weighted by molar-refractivity contribution is -0.131. The summed E-state index contributed by atoms with van der Waals surface area (Å²) in [6, 6.07) is 0. The Bertz CT molecular complexity index is 147. The zero-order valence-corrected chi connectivity index (χ0v) is 8.88. The van der Waals surface area contributed by atoms with Crippen LogP contribution in [-0.4, -0.2) is 23.9 Å². The van der Waals surface area contributed by atoms with Gasteiger partial charge in [-0.05, 0) is 25.2 Å². The minimum Gasteiger partial charge on any atom is -0.393 e. The molecule has 0 heterocycles. The van der Waals surface area contributed by atoms with E-state index in [1.165, 1.54) is 19.3 Å². The molecular formula is C11H22O2. The molecule has 1 N–H and O–H groups in total. The van der Waals surface area contributed by atoms with E-state index in [1.54, 1.807) is 0 Å². The van der Waals surface area contributed by atoms with E-state index < -0.39 is 0 Å². The maximum absolute atomic E-state index is 9.41. The maximum atomic E-state index is 9.41. The molecule has 0 spiro atoms. The van der Waals surface area contributed by atoms with Gasteiger partial charge >= 0.3 is 0 Å².